The van der Waals surface area contributed by atoms with Gasteiger partial charge in [-0.05, 0) is 153 Å². The van der Waals surface area contributed by atoms with E-state index in [2.05, 4.69) is 22.6 Å². The maximum Gasteiger partial charge on any atom is 1.00 e. The van der Waals surface area contributed by atoms with E-state index < -0.39 is 36.2 Å². The number of ether oxygens (including phenoxy) is 3. The van der Waals surface area contributed by atoms with Crippen molar-refractivity contribution in [3.05, 3.63) is 131 Å². The van der Waals surface area contributed by atoms with Crippen LogP contribution in [0.2, 0.25) is 0 Å². The van der Waals surface area contributed by atoms with Crippen LogP contribution in [0.3, 0.4) is 0 Å². The van der Waals surface area contributed by atoms with E-state index in [1.54, 1.807) is 28.9 Å². The van der Waals surface area contributed by atoms with Crippen molar-refractivity contribution in [2.24, 2.45) is 11.8 Å². The fraction of sp³-hybridized carbons (Fsp3) is 0.433. The van der Waals surface area contributed by atoms with Crippen molar-refractivity contribution in [1.82, 2.24) is 9.80 Å². The fourth-order valence-corrected chi connectivity index (χ4v) is 12.3. The Bertz CT molecular complexity index is 3020. The molecule has 6 unspecified atom stereocenters. The molecule has 432 valence electrons. The van der Waals surface area contributed by atoms with E-state index in [9.17, 15) is 60.2 Å². The first kappa shape index (κ1) is 62.9. The Hall–Kier alpha value is -6.68. The number of carbonyl (C=O) groups is 6. The first-order chi connectivity index (χ1) is 38.2. The van der Waals surface area contributed by atoms with Gasteiger partial charge in [0.25, 0.3) is 11.8 Å². The number of benzene rings is 4. The molecule has 4 amide bonds. The van der Waals surface area contributed by atoms with Gasteiger partial charge in [-0.15, -0.1) is 26.3 Å². The van der Waals surface area contributed by atoms with E-state index >= 15 is 0 Å². The van der Waals surface area contributed by atoms with Crippen LogP contribution in [0.15, 0.2) is 98.1 Å². The van der Waals surface area contributed by atoms with Crippen molar-refractivity contribution in [1.29, 1.82) is 0 Å². The maximum atomic E-state index is 14.0. The summed E-state index contributed by atoms with van der Waals surface area (Å²) in [5.41, 5.74) is 5.10. The van der Waals surface area contributed by atoms with Crippen molar-refractivity contribution < 1.29 is 109 Å². The van der Waals surface area contributed by atoms with E-state index in [-0.39, 0.29) is 150 Å². The van der Waals surface area contributed by atoms with Crippen LogP contribution in [0, 0.1) is 11.8 Å². The van der Waals surface area contributed by atoms with E-state index in [0.29, 0.717) is 17.8 Å². The molecular weight excluding hydrogens is 1090 g/mol. The first-order valence-electron chi connectivity index (χ1n) is 27.1. The molecule has 4 saturated carbocycles. The summed E-state index contributed by atoms with van der Waals surface area (Å²) >= 11 is 0. The summed E-state index contributed by atoms with van der Waals surface area (Å²) in [5.74, 6) is -3.32. The third-order valence-electron chi connectivity index (χ3n) is 15.8. The van der Waals surface area contributed by atoms with Gasteiger partial charge in [-0.3, -0.25) is 28.8 Å². The van der Waals surface area contributed by atoms with Gasteiger partial charge in [0, 0.05) is 71.3 Å². The summed E-state index contributed by atoms with van der Waals surface area (Å²) in [6.45, 7) is 9.74. The number of rotatable bonds is 17. The average Bonchev–Trinajstić information content (AvgIpc) is 4.42. The molecule has 0 bridgehead atoms. The van der Waals surface area contributed by atoms with Crippen LogP contribution in [0.1, 0.15) is 152 Å². The third kappa shape index (κ3) is 14.2. The van der Waals surface area contributed by atoms with Crippen LogP contribution in [0.4, 0.5) is 37.7 Å². The van der Waals surface area contributed by atoms with E-state index in [0.717, 1.165) is 104 Å². The number of hydrogen-bond donors (Lipinski definition) is 1. The normalized spacial score (nSPS) is 21.2. The molecule has 82 heavy (non-hydrogen) atoms. The fourth-order valence-electron chi connectivity index (χ4n) is 12.3. The van der Waals surface area contributed by atoms with Crippen LogP contribution in [0.25, 0.3) is 12.2 Å². The molecule has 4 aromatic rings. The zero-order chi connectivity index (χ0) is 57.2. The Morgan fingerprint density at radius 2 is 0.976 bits per heavy atom. The summed E-state index contributed by atoms with van der Waals surface area (Å²) in [5, 5.41) is 9.17. The minimum absolute atomic E-state index is 0. The van der Waals surface area contributed by atoms with Crippen molar-refractivity contribution in [2.45, 2.75) is 146 Å². The Morgan fingerprint density at radius 1 is 0.585 bits per heavy atom. The number of amides is 4. The van der Waals surface area contributed by atoms with Gasteiger partial charge >= 0.3 is 54.2 Å². The molecule has 22 heteroatoms. The molecule has 6 aliphatic rings. The molecule has 4 fully saturated rings. The molecule has 0 radical (unpaired) electrons. The Labute approximate surface area is 492 Å². The number of anilines is 2. The van der Waals surface area contributed by atoms with Crippen molar-refractivity contribution in [3.63, 3.8) is 0 Å². The number of hydrogen-bond acceptors (Lipinski definition) is 10. The van der Waals surface area contributed by atoms with Crippen LogP contribution < -0.4 is 48.8 Å². The largest absolute Gasteiger partial charge is 1.00 e. The second-order valence-electron chi connectivity index (χ2n) is 21.0. The van der Waals surface area contributed by atoms with Crippen LogP contribution in [0.5, 0.6) is 11.5 Å². The zero-order valence-corrected chi connectivity index (χ0v) is 47.5. The van der Waals surface area contributed by atoms with Crippen LogP contribution in [-0.4, -0.2) is 99.4 Å². The van der Waals surface area contributed by atoms with Gasteiger partial charge in [0.05, 0.1) is 31.5 Å². The van der Waals surface area contributed by atoms with Crippen molar-refractivity contribution in [3.8, 4) is 11.5 Å². The van der Waals surface area contributed by atoms with Gasteiger partial charge in [0.2, 0.25) is 11.8 Å². The van der Waals surface area contributed by atoms with E-state index in [4.69, 9.17) is 4.74 Å². The Kier molecular flexibility index (Phi) is 20.2. The van der Waals surface area contributed by atoms with Crippen molar-refractivity contribution >= 4 is 59.1 Å². The number of fused-ring (bicyclic) bond motifs is 4. The molecule has 0 saturated heterocycles. The van der Waals surface area contributed by atoms with Crippen molar-refractivity contribution in [2.75, 3.05) is 16.4 Å². The summed E-state index contributed by atoms with van der Waals surface area (Å²) in [6, 6.07) is 20.2. The van der Waals surface area contributed by atoms with E-state index in [1.165, 1.54) is 24.3 Å². The second-order valence-corrected chi connectivity index (χ2v) is 21.0. The molecule has 4 aromatic carbocycles. The van der Waals surface area contributed by atoms with E-state index in [1.807, 2.05) is 46.2 Å². The number of carboxylic acids is 1. The molecular formula is C60H63F6N4NaO11. The van der Waals surface area contributed by atoms with Gasteiger partial charge < -0.3 is 44.4 Å². The monoisotopic (exact) mass is 1150 g/mol. The minimum atomic E-state index is -4.83. The average molecular weight is 1150 g/mol. The second kappa shape index (κ2) is 26.3. The number of esters is 1. The Balaban J connectivity index is 0.000000231. The quantitative estimate of drug-likeness (QED) is 0.0602. The molecule has 4 aliphatic carbocycles. The first-order valence-corrected chi connectivity index (χ1v) is 27.1. The summed E-state index contributed by atoms with van der Waals surface area (Å²) in [4.78, 5) is 85.5. The van der Waals surface area contributed by atoms with Gasteiger partial charge in [-0.1, -0.05) is 50.3 Å². The van der Waals surface area contributed by atoms with Gasteiger partial charge in [0.15, 0.2) is 0 Å². The van der Waals surface area contributed by atoms with Gasteiger partial charge in [-0.25, -0.2) is 0 Å². The Morgan fingerprint density at radius 3 is 1.32 bits per heavy atom. The number of nitrogens with zero attached hydrogens (tertiary/aromatic N) is 4. The predicted molar refractivity (Wildman–Crippen MR) is 285 cm³/mol. The molecule has 10 rings (SSSR count). The number of halogens is 6. The molecule has 0 spiro atoms. The van der Waals surface area contributed by atoms with Crippen LogP contribution in [-0.2, 0) is 23.9 Å². The standard InChI is InChI=1S/C31H33F3N2O5.C29H29F3N2O5.Na.H2O/c1-3-19-8-15-26-24(18-19)29(35(21-11-12-21)27(37)16-17-28(38)40-4-2)23-6-5-7-25(23)36(26)30(39)20-9-13-22(14-10-20)41-31(32,33)34;1-2-17-6-13-24-22(16-17)27(33(19-9-10-19)25(35)14-15-26(36)37)21-4-3-5-23(21)34(24)28(38)18-7-11-20(12-8-18)39-29(30,31)32;;/h3,8-10,13-15,18,21,23,25,29H,1,4-7,11-12,16-17H2,2H3;2,6-8,11-13,16,19,21,23,27H,1,3-5,9-10,14-15H2,(H,36,37);;1H2/q;;+1;/p-1. The molecule has 6 atom stereocenters. The number of aliphatic carboxylic acids is 1. The number of carbonyl (C=O) groups excluding carboxylic acids is 5. The van der Waals surface area contributed by atoms with Gasteiger partial charge in [-0.2, -0.15) is 0 Å². The topological polar surface area (TPSA) is 193 Å². The molecule has 0 aromatic heterocycles. The molecule has 2 N–H and O–H groups in total. The molecule has 2 aliphatic heterocycles. The predicted octanol–water partition coefficient (Wildman–Crippen LogP) is 9.21. The molecule has 15 nitrogen and oxygen atoms in total. The summed E-state index contributed by atoms with van der Waals surface area (Å²) in [7, 11) is 0. The number of carboxylic acid groups (broad SMARTS) is 1. The SMILES string of the molecule is C=Cc1ccc2c(c1)C(N(C(=O)CCC(=O)O)C1CC1)C1CCCC1N2C(=O)c1ccc(OC(F)(F)F)cc1.C=Cc1ccc2c(c1)C(N(C(=O)CCC(=O)OCC)C1CC1)C1CCCC1N2C(=O)c1ccc(OC(F)(F)F)cc1.[Na+].[OH-]. The number of alkyl halides is 6. The maximum absolute atomic E-state index is 14.0. The summed E-state index contributed by atoms with van der Waals surface area (Å²) in [6.07, 6.45) is 1.67. The van der Waals surface area contributed by atoms with Gasteiger partial charge in [0.1, 0.15) is 11.5 Å². The zero-order valence-electron chi connectivity index (χ0n) is 45.5. The smallest absolute Gasteiger partial charge is 0.870 e. The third-order valence-corrected chi connectivity index (χ3v) is 15.8. The minimum Gasteiger partial charge on any atom is -0.870 e. The molecule has 2 heterocycles. The van der Waals surface area contributed by atoms with Crippen LogP contribution >= 0.6 is 0 Å². The summed E-state index contributed by atoms with van der Waals surface area (Å²) < 4.78 is 88.7.